The second-order valence-electron chi connectivity index (χ2n) is 6.62. The van der Waals surface area contributed by atoms with Crippen LogP contribution in [0.25, 0.3) is 0 Å². The fraction of sp³-hybridized carbons (Fsp3) is 0.733. The molecule has 0 unspecified atom stereocenters. The zero-order chi connectivity index (χ0) is 15.3. The van der Waals surface area contributed by atoms with Crippen molar-refractivity contribution in [1.82, 2.24) is 19.9 Å². The maximum Gasteiger partial charge on any atom is 0.236 e. The number of carbonyl (C=O) groups is 2. The summed E-state index contributed by atoms with van der Waals surface area (Å²) in [5.41, 5.74) is 0. The molecule has 3 fully saturated rings. The lowest BCUT2D eigenvalue weighted by molar-refractivity contribution is -0.131. The van der Waals surface area contributed by atoms with E-state index in [1.165, 1.54) is 12.8 Å². The molecule has 22 heavy (non-hydrogen) atoms. The van der Waals surface area contributed by atoms with Crippen LogP contribution < -0.4 is 0 Å². The Kier molecular flexibility index (Phi) is 3.16. The van der Waals surface area contributed by atoms with Gasteiger partial charge in [0.25, 0.3) is 0 Å². The first-order valence-electron chi connectivity index (χ1n) is 8.00. The molecule has 2 saturated heterocycles. The molecular formula is C15H20N4O3. The van der Waals surface area contributed by atoms with E-state index in [9.17, 15) is 9.59 Å². The molecule has 3 aliphatic rings. The number of aromatic nitrogens is 2. The van der Waals surface area contributed by atoms with Crippen molar-refractivity contribution in [3.05, 3.63) is 11.7 Å². The molecule has 7 nitrogen and oxygen atoms in total. The van der Waals surface area contributed by atoms with Crippen LogP contribution in [-0.4, -0.2) is 56.9 Å². The maximum atomic E-state index is 12.5. The molecule has 1 saturated carbocycles. The number of rotatable bonds is 4. The summed E-state index contributed by atoms with van der Waals surface area (Å²) >= 11 is 0. The minimum Gasteiger partial charge on any atom is -0.339 e. The number of hydrogen-bond donors (Lipinski definition) is 0. The second kappa shape index (κ2) is 5.07. The Morgan fingerprint density at radius 2 is 2.14 bits per heavy atom. The Balaban J connectivity index is 1.43. The van der Waals surface area contributed by atoms with Crippen molar-refractivity contribution in [2.24, 2.45) is 5.92 Å². The first kappa shape index (κ1) is 13.7. The Morgan fingerprint density at radius 1 is 1.32 bits per heavy atom. The minimum absolute atomic E-state index is 0.0165. The van der Waals surface area contributed by atoms with Crippen LogP contribution in [0.1, 0.15) is 37.4 Å². The van der Waals surface area contributed by atoms with E-state index in [0.29, 0.717) is 24.1 Å². The third-order valence-electron chi connectivity index (χ3n) is 4.96. The summed E-state index contributed by atoms with van der Waals surface area (Å²) in [6, 6.07) is 0.240. The Labute approximate surface area is 128 Å². The van der Waals surface area contributed by atoms with Crippen LogP contribution in [0, 0.1) is 12.8 Å². The third kappa shape index (κ3) is 2.38. The van der Waals surface area contributed by atoms with Crippen molar-refractivity contribution in [1.29, 1.82) is 0 Å². The lowest BCUT2D eigenvalue weighted by atomic mass is 10.1. The van der Waals surface area contributed by atoms with E-state index in [2.05, 4.69) is 10.1 Å². The zero-order valence-corrected chi connectivity index (χ0v) is 12.7. The third-order valence-corrected chi connectivity index (χ3v) is 4.96. The molecule has 0 radical (unpaired) electrons. The smallest absolute Gasteiger partial charge is 0.236 e. The molecule has 7 heteroatoms. The van der Waals surface area contributed by atoms with E-state index < -0.39 is 0 Å². The summed E-state index contributed by atoms with van der Waals surface area (Å²) in [6.07, 6.45) is 3.95. The average molecular weight is 304 g/mol. The summed E-state index contributed by atoms with van der Waals surface area (Å²) in [7, 11) is 0. The molecule has 4 rings (SSSR count). The van der Waals surface area contributed by atoms with Gasteiger partial charge >= 0.3 is 0 Å². The largest absolute Gasteiger partial charge is 0.339 e. The second-order valence-corrected chi connectivity index (χ2v) is 6.62. The standard InChI is InChI=1S/C15H20N4O3/c1-9-16-13(22-17-9)7-15(21)18-5-4-11-12(18)6-14(20)19(11)8-10-2-3-10/h10-12H,2-8H2,1H3/t11-,12-/m0/s1. The zero-order valence-electron chi connectivity index (χ0n) is 12.7. The van der Waals surface area contributed by atoms with E-state index in [-0.39, 0.29) is 30.3 Å². The molecule has 3 heterocycles. The molecule has 0 N–H and O–H groups in total. The van der Waals surface area contributed by atoms with Gasteiger partial charge in [0, 0.05) is 19.5 Å². The lowest BCUT2D eigenvalue weighted by Gasteiger charge is -2.25. The number of amides is 2. The summed E-state index contributed by atoms with van der Waals surface area (Å²) in [5, 5.41) is 3.71. The lowest BCUT2D eigenvalue weighted by Crippen LogP contribution is -2.41. The first-order chi connectivity index (χ1) is 10.6. The molecule has 2 aliphatic heterocycles. The SMILES string of the molecule is Cc1noc(CC(=O)N2CC[C@H]3[C@@H]2CC(=O)N3CC2CC2)n1. The highest BCUT2D eigenvalue weighted by molar-refractivity contribution is 5.84. The number of aryl methyl sites for hydroxylation is 1. The number of hydrogen-bond acceptors (Lipinski definition) is 5. The summed E-state index contributed by atoms with van der Waals surface area (Å²) in [4.78, 5) is 32.7. The summed E-state index contributed by atoms with van der Waals surface area (Å²) < 4.78 is 5.02. The van der Waals surface area contributed by atoms with Crippen molar-refractivity contribution in [2.75, 3.05) is 13.1 Å². The summed E-state index contributed by atoms with van der Waals surface area (Å²) in [6.45, 7) is 3.33. The Morgan fingerprint density at radius 3 is 2.82 bits per heavy atom. The van der Waals surface area contributed by atoms with E-state index in [0.717, 1.165) is 19.5 Å². The van der Waals surface area contributed by atoms with Gasteiger partial charge in [0.15, 0.2) is 5.82 Å². The van der Waals surface area contributed by atoms with Crippen LogP contribution >= 0.6 is 0 Å². The van der Waals surface area contributed by atoms with Crippen LogP contribution in [0.5, 0.6) is 0 Å². The van der Waals surface area contributed by atoms with Crippen molar-refractivity contribution in [3.63, 3.8) is 0 Å². The topological polar surface area (TPSA) is 79.5 Å². The van der Waals surface area contributed by atoms with Gasteiger partial charge in [-0.1, -0.05) is 5.16 Å². The Hall–Kier alpha value is -1.92. The fourth-order valence-corrected chi connectivity index (χ4v) is 3.70. The molecule has 0 bridgehead atoms. The van der Waals surface area contributed by atoms with E-state index >= 15 is 0 Å². The van der Waals surface area contributed by atoms with Gasteiger partial charge in [-0.05, 0) is 32.1 Å². The highest BCUT2D eigenvalue weighted by Crippen LogP contribution is 2.37. The number of carbonyl (C=O) groups excluding carboxylic acids is 2. The molecule has 118 valence electrons. The normalized spacial score (nSPS) is 27.6. The maximum absolute atomic E-state index is 12.5. The van der Waals surface area contributed by atoms with Gasteiger partial charge in [0.1, 0.15) is 6.42 Å². The predicted molar refractivity (Wildman–Crippen MR) is 75.7 cm³/mol. The average Bonchev–Trinajstić information content (AvgIpc) is 2.94. The number of fused-ring (bicyclic) bond motifs is 1. The van der Waals surface area contributed by atoms with Gasteiger partial charge in [0.2, 0.25) is 17.7 Å². The van der Waals surface area contributed by atoms with Crippen LogP contribution in [0.3, 0.4) is 0 Å². The van der Waals surface area contributed by atoms with Gasteiger partial charge in [-0.15, -0.1) is 0 Å². The van der Waals surface area contributed by atoms with Crippen LogP contribution in [0.15, 0.2) is 4.52 Å². The first-order valence-corrected chi connectivity index (χ1v) is 8.00. The van der Waals surface area contributed by atoms with Crippen molar-refractivity contribution >= 4 is 11.8 Å². The molecule has 1 aromatic rings. The highest BCUT2D eigenvalue weighted by atomic mass is 16.5. The van der Waals surface area contributed by atoms with Gasteiger partial charge in [-0.3, -0.25) is 9.59 Å². The molecule has 2 atom stereocenters. The summed E-state index contributed by atoms with van der Waals surface area (Å²) in [5.74, 6) is 1.76. The van der Waals surface area contributed by atoms with Gasteiger partial charge in [-0.2, -0.15) is 4.98 Å². The molecule has 0 spiro atoms. The quantitative estimate of drug-likeness (QED) is 0.811. The number of likely N-dealkylation sites (tertiary alicyclic amines) is 2. The fourth-order valence-electron chi connectivity index (χ4n) is 3.70. The van der Waals surface area contributed by atoms with Crippen molar-refractivity contribution < 1.29 is 14.1 Å². The molecule has 1 aromatic heterocycles. The van der Waals surface area contributed by atoms with Gasteiger partial charge in [-0.25, -0.2) is 0 Å². The number of nitrogens with zero attached hydrogens (tertiary/aromatic N) is 4. The van der Waals surface area contributed by atoms with Crippen LogP contribution in [-0.2, 0) is 16.0 Å². The van der Waals surface area contributed by atoms with Crippen molar-refractivity contribution in [3.8, 4) is 0 Å². The van der Waals surface area contributed by atoms with E-state index in [1.807, 2.05) is 9.80 Å². The van der Waals surface area contributed by atoms with E-state index in [4.69, 9.17) is 4.52 Å². The van der Waals surface area contributed by atoms with E-state index in [1.54, 1.807) is 6.92 Å². The minimum atomic E-state index is -0.0165. The molecular weight excluding hydrogens is 284 g/mol. The molecule has 2 amide bonds. The van der Waals surface area contributed by atoms with Gasteiger partial charge in [0.05, 0.1) is 12.1 Å². The highest BCUT2D eigenvalue weighted by Gasteiger charge is 2.49. The Bertz CT molecular complexity index is 610. The van der Waals surface area contributed by atoms with Crippen LogP contribution in [0.2, 0.25) is 0 Å². The molecule has 1 aliphatic carbocycles. The van der Waals surface area contributed by atoms with Crippen LogP contribution in [0.4, 0.5) is 0 Å². The molecule has 0 aromatic carbocycles. The predicted octanol–water partition coefficient (Wildman–Crippen LogP) is 0.532. The van der Waals surface area contributed by atoms with Crippen molar-refractivity contribution in [2.45, 2.75) is 51.1 Å². The monoisotopic (exact) mass is 304 g/mol. The van der Waals surface area contributed by atoms with Gasteiger partial charge < -0.3 is 14.3 Å².